The topological polar surface area (TPSA) is 62.5 Å². The molecule has 0 radical (unpaired) electrons. The van der Waals surface area contributed by atoms with Gasteiger partial charge in [0.2, 0.25) is 17.6 Å². The Morgan fingerprint density at radius 2 is 2.07 bits per heavy atom. The van der Waals surface area contributed by atoms with Crippen molar-refractivity contribution in [2.24, 2.45) is 11.3 Å². The number of amides is 1. The summed E-state index contributed by atoms with van der Waals surface area (Å²) in [5.74, 6) is 1.64. The summed E-state index contributed by atoms with van der Waals surface area (Å²) in [6, 6.07) is 7.44. The normalized spacial score (nSPS) is 20.7. The van der Waals surface area contributed by atoms with Crippen LogP contribution in [-0.4, -0.2) is 52.0 Å². The zero-order valence-corrected chi connectivity index (χ0v) is 18.0. The predicted octanol–water partition coefficient (Wildman–Crippen LogP) is 4.25. The van der Waals surface area contributed by atoms with Gasteiger partial charge in [0.25, 0.3) is 0 Å². The van der Waals surface area contributed by atoms with Gasteiger partial charge < -0.3 is 9.42 Å². The third-order valence-corrected chi connectivity index (χ3v) is 6.29. The van der Waals surface area contributed by atoms with Crippen LogP contribution in [0, 0.1) is 11.3 Å². The van der Waals surface area contributed by atoms with Gasteiger partial charge in [0.1, 0.15) is 0 Å². The quantitative estimate of drug-likeness (QED) is 0.745. The molecule has 3 heterocycles. The number of nitrogens with zero attached hydrogens (tertiary/aromatic N) is 4. The highest BCUT2D eigenvalue weighted by molar-refractivity contribution is 6.30. The maximum atomic E-state index is 12.9. The molecule has 0 bridgehead atoms. The van der Waals surface area contributed by atoms with E-state index in [-0.39, 0.29) is 11.3 Å². The molecular formula is C22H29ClN4O2. The van der Waals surface area contributed by atoms with Crippen LogP contribution in [0.15, 0.2) is 28.8 Å². The van der Waals surface area contributed by atoms with Gasteiger partial charge in [-0.2, -0.15) is 4.98 Å². The molecule has 0 aliphatic carbocycles. The van der Waals surface area contributed by atoms with Crippen molar-refractivity contribution in [3.05, 3.63) is 35.2 Å². The molecule has 1 aromatic carbocycles. The number of halogens is 1. The van der Waals surface area contributed by atoms with Crippen molar-refractivity contribution in [2.75, 3.05) is 26.2 Å². The number of carbonyl (C=O) groups excluding carboxylic acids is 1. The lowest BCUT2D eigenvalue weighted by Gasteiger charge is -2.41. The van der Waals surface area contributed by atoms with Crippen molar-refractivity contribution in [3.63, 3.8) is 0 Å². The molecule has 6 nitrogen and oxygen atoms in total. The van der Waals surface area contributed by atoms with Crippen LogP contribution in [-0.2, 0) is 11.3 Å². The largest absolute Gasteiger partial charge is 0.342 e. The standard InChI is InChI=1S/C22H29ClN4O2/c1-22(2)9-4-10-27(15-22)21(28)16-7-11-26(12-8-16)14-19-24-20(25-29-19)17-5-3-6-18(23)13-17/h3,5-6,13,16H,4,7-12,14-15H2,1-2H3. The summed E-state index contributed by atoms with van der Waals surface area (Å²) in [4.78, 5) is 21.8. The smallest absolute Gasteiger partial charge is 0.241 e. The predicted molar refractivity (Wildman–Crippen MR) is 112 cm³/mol. The fourth-order valence-electron chi connectivity index (χ4n) is 4.46. The van der Waals surface area contributed by atoms with E-state index in [9.17, 15) is 4.79 Å². The molecule has 156 valence electrons. The van der Waals surface area contributed by atoms with Crippen molar-refractivity contribution in [1.82, 2.24) is 19.9 Å². The number of hydrogen-bond acceptors (Lipinski definition) is 5. The van der Waals surface area contributed by atoms with E-state index in [1.807, 2.05) is 24.3 Å². The highest BCUT2D eigenvalue weighted by atomic mass is 35.5. The molecule has 0 spiro atoms. The molecule has 4 rings (SSSR count). The molecule has 0 N–H and O–H groups in total. The number of rotatable bonds is 4. The van der Waals surface area contributed by atoms with Crippen LogP contribution in [0.4, 0.5) is 0 Å². The van der Waals surface area contributed by atoms with Crippen LogP contribution in [0.1, 0.15) is 45.4 Å². The fourth-order valence-corrected chi connectivity index (χ4v) is 4.65. The molecule has 2 saturated heterocycles. The van der Waals surface area contributed by atoms with Gasteiger partial charge in [0, 0.05) is 29.6 Å². The van der Waals surface area contributed by atoms with E-state index in [4.69, 9.17) is 16.1 Å². The fraction of sp³-hybridized carbons (Fsp3) is 0.591. The van der Waals surface area contributed by atoms with Crippen LogP contribution >= 0.6 is 11.6 Å². The van der Waals surface area contributed by atoms with E-state index in [0.29, 0.717) is 29.2 Å². The first-order valence-corrected chi connectivity index (χ1v) is 10.9. The summed E-state index contributed by atoms with van der Waals surface area (Å²) in [6.07, 6.45) is 4.11. The molecule has 2 aromatic rings. The molecule has 1 amide bonds. The molecular weight excluding hydrogens is 388 g/mol. The van der Waals surface area contributed by atoms with Crippen molar-refractivity contribution in [3.8, 4) is 11.4 Å². The van der Waals surface area contributed by atoms with Crippen molar-refractivity contribution < 1.29 is 9.32 Å². The Bertz CT molecular complexity index is 858. The first-order chi connectivity index (χ1) is 13.9. The Balaban J connectivity index is 1.30. The maximum Gasteiger partial charge on any atom is 0.241 e. The minimum Gasteiger partial charge on any atom is -0.342 e. The molecule has 7 heteroatoms. The zero-order chi connectivity index (χ0) is 20.4. The second-order valence-corrected chi connectivity index (χ2v) is 9.54. The maximum absolute atomic E-state index is 12.9. The highest BCUT2D eigenvalue weighted by Gasteiger charge is 2.34. The van der Waals surface area contributed by atoms with Gasteiger partial charge in [-0.05, 0) is 56.3 Å². The number of carbonyl (C=O) groups is 1. The molecule has 1 aromatic heterocycles. The Morgan fingerprint density at radius 1 is 1.28 bits per heavy atom. The van der Waals surface area contributed by atoms with E-state index in [0.717, 1.165) is 51.0 Å². The van der Waals surface area contributed by atoms with Gasteiger partial charge in [-0.1, -0.05) is 42.7 Å². The van der Waals surface area contributed by atoms with Crippen LogP contribution in [0.2, 0.25) is 5.02 Å². The average molecular weight is 417 g/mol. The third kappa shape index (κ3) is 4.98. The highest BCUT2D eigenvalue weighted by Crippen LogP contribution is 2.31. The van der Waals surface area contributed by atoms with Crippen LogP contribution in [0.3, 0.4) is 0 Å². The molecule has 0 unspecified atom stereocenters. The van der Waals surface area contributed by atoms with E-state index >= 15 is 0 Å². The number of piperidine rings is 2. The number of likely N-dealkylation sites (tertiary alicyclic amines) is 2. The molecule has 2 aliphatic heterocycles. The van der Waals surface area contributed by atoms with Crippen LogP contribution < -0.4 is 0 Å². The number of hydrogen-bond donors (Lipinski definition) is 0. The molecule has 29 heavy (non-hydrogen) atoms. The molecule has 0 atom stereocenters. The molecule has 2 fully saturated rings. The third-order valence-electron chi connectivity index (χ3n) is 6.06. The van der Waals surface area contributed by atoms with E-state index in [2.05, 4.69) is 33.8 Å². The second-order valence-electron chi connectivity index (χ2n) is 9.10. The monoisotopic (exact) mass is 416 g/mol. The van der Waals surface area contributed by atoms with Crippen molar-refractivity contribution in [1.29, 1.82) is 0 Å². The lowest BCUT2D eigenvalue weighted by atomic mass is 9.83. The Kier molecular flexibility index (Phi) is 5.93. The number of aromatic nitrogens is 2. The van der Waals surface area contributed by atoms with Gasteiger partial charge in [0.15, 0.2) is 0 Å². The minimum atomic E-state index is 0.143. The lowest BCUT2D eigenvalue weighted by molar-refractivity contribution is -0.140. The van der Waals surface area contributed by atoms with Gasteiger partial charge in [-0.15, -0.1) is 0 Å². The summed E-state index contributed by atoms with van der Waals surface area (Å²) in [5.41, 5.74) is 1.09. The molecule has 2 aliphatic rings. The summed E-state index contributed by atoms with van der Waals surface area (Å²) >= 11 is 6.04. The van der Waals surface area contributed by atoms with Crippen molar-refractivity contribution >= 4 is 17.5 Å². The second kappa shape index (κ2) is 8.44. The lowest BCUT2D eigenvalue weighted by Crippen LogP contribution is -2.48. The Labute approximate surface area is 177 Å². The zero-order valence-electron chi connectivity index (χ0n) is 17.2. The summed E-state index contributed by atoms with van der Waals surface area (Å²) in [5, 5.41) is 4.73. The van der Waals surface area contributed by atoms with Gasteiger partial charge in [-0.3, -0.25) is 9.69 Å². The van der Waals surface area contributed by atoms with E-state index in [1.165, 1.54) is 6.42 Å². The average Bonchev–Trinajstić information content (AvgIpc) is 3.16. The van der Waals surface area contributed by atoms with Gasteiger partial charge >= 0.3 is 0 Å². The van der Waals surface area contributed by atoms with Crippen LogP contribution in [0.25, 0.3) is 11.4 Å². The number of benzene rings is 1. The van der Waals surface area contributed by atoms with E-state index < -0.39 is 0 Å². The van der Waals surface area contributed by atoms with Gasteiger partial charge in [-0.25, -0.2) is 0 Å². The SMILES string of the molecule is CC1(C)CCCN(C(=O)C2CCN(Cc3nc(-c4cccc(Cl)c4)no3)CC2)C1. The first-order valence-electron chi connectivity index (χ1n) is 10.5. The Morgan fingerprint density at radius 3 is 2.79 bits per heavy atom. The summed E-state index contributed by atoms with van der Waals surface area (Å²) in [6.45, 7) is 8.70. The minimum absolute atomic E-state index is 0.143. The van der Waals surface area contributed by atoms with Gasteiger partial charge in [0.05, 0.1) is 6.54 Å². The first kappa shape index (κ1) is 20.4. The van der Waals surface area contributed by atoms with Crippen molar-refractivity contribution in [2.45, 2.75) is 46.1 Å². The molecule has 0 saturated carbocycles. The summed E-state index contributed by atoms with van der Waals surface area (Å²) < 4.78 is 5.43. The Hall–Kier alpha value is -1.92. The van der Waals surface area contributed by atoms with E-state index in [1.54, 1.807) is 0 Å². The summed E-state index contributed by atoms with van der Waals surface area (Å²) in [7, 11) is 0. The van der Waals surface area contributed by atoms with Crippen LogP contribution in [0.5, 0.6) is 0 Å².